The van der Waals surface area contributed by atoms with E-state index >= 15 is 0 Å². The van der Waals surface area contributed by atoms with Crippen LogP contribution in [0.2, 0.25) is 0 Å². The lowest BCUT2D eigenvalue weighted by Crippen LogP contribution is -2.31. The minimum absolute atomic E-state index is 0.352. The van der Waals surface area contributed by atoms with Crippen LogP contribution in [0.15, 0.2) is 6.07 Å². The molecule has 0 spiro atoms. The highest BCUT2D eigenvalue weighted by molar-refractivity contribution is 7.92. The predicted molar refractivity (Wildman–Crippen MR) is 61.1 cm³/mol. The van der Waals surface area contributed by atoms with Crippen molar-refractivity contribution >= 4 is 21.6 Å². The van der Waals surface area contributed by atoms with Gasteiger partial charge in [0.25, 0.3) is 0 Å². The van der Waals surface area contributed by atoms with Gasteiger partial charge in [-0.3, -0.25) is 9.48 Å². The van der Waals surface area contributed by atoms with E-state index in [1.54, 1.807) is 0 Å². The number of alkyl halides is 3. The summed E-state index contributed by atoms with van der Waals surface area (Å²) in [4.78, 5) is 11.5. The normalized spacial score (nSPS) is 14.2. The fourth-order valence-electron chi connectivity index (χ4n) is 1.22. The molecule has 1 rings (SSSR count). The third-order valence-corrected chi connectivity index (χ3v) is 3.93. The third kappa shape index (κ3) is 3.69. The number of carbonyl (C=O) groups excluding carboxylic acids is 1. The molecule has 10 heteroatoms. The average molecular weight is 299 g/mol. The molecule has 0 bridgehead atoms. The monoisotopic (exact) mass is 299 g/mol. The first-order chi connectivity index (χ1) is 8.43. The Morgan fingerprint density at radius 3 is 2.37 bits per heavy atom. The van der Waals surface area contributed by atoms with E-state index in [4.69, 9.17) is 0 Å². The lowest BCUT2D eigenvalue weighted by atomic mass is 10.4. The molecule has 0 aliphatic heterocycles. The summed E-state index contributed by atoms with van der Waals surface area (Å²) in [6, 6.07) is 0.632. The van der Waals surface area contributed by atoms with Gasteiger partial charge >= 0.3 is 6.18 Å². The van der Waals surface area contributed by atoms with Gasteiger partial charge in [-0.2, -0.15) is 18.3 Å². The predicted octanol–water partition coefficient (Wildman–Crippen LogP) is 0.811. The summed E-state index contributed by atoms with van der Waals surface area (Å²) in [5.74, 6) is -1.29. The van der Waals surface area contributed by atoms with Gasteiger partial charge < -0.3 is 5.32 Å². The summed E-state index contributed by atoms with van der Waals surface area (Å²) < 4.78 is 60.2. The highest BCUT2D eigenvalue weighted by atomic mass is 32.2. The van der Waals surface area contributed by atoms with Gasteiger partial charge in [-0.1, -0.05) is 0 Å². The van der Waals surface area contributed by atoms with Gasteiger partial charge in [-0.05, 0) is 6.92 Å². The van der Waals surface area contributed by atoms with Crippen LogP contribution in [0, 0.1) is 0 Å². The number of aromatic nitrogens is 2. The van der Waals surface area contributed by atoms with E-state index in [1.165, 1.54) is 0 Å². The van der Waals surface area contributed by atoms with Crippen LogP contribution in [-0.2, 0) is 27.9 Å². The van der Waals surface area contributed by atoms with Gasteiger partial charge in [0.05, 0.1) is 0 Å². The Bertz CT molecular complexity index is 592. The number of rotatable bonds is 3. The minimum Gasteiger partial charge on any atom is -0.308 e. The highest BCUT2D eigenvalue weighted by Crippen LogP contribution is 2.30. The van der Waals surface area contributed by atoms with Gasteiger partial charge in [0.1, 0.15) is 10.9 Å². The quantitative estimate of drug-likeness (QED) is 0.895. The number of carbonyl (C=O) groups is 1. The van der Waals surface area contributed by atoms with Crippen molar-refractivity contribution in [2.75, 3.05) is 11.6 Å². The maximum atomic E-state index is 12.5. The number of nitrogens with one attached hydrogen (secondary N) is 1. The molecule has 1 unspecified atom stereocenters. The maximum absolute atomic E-state index is 12.5. The molecular weight excluding hydrogens is 287 g/mol. The Kier molecular flexibility index (Phi) is 3.94. The summed E-state index contributed by atoms with van der Waals surface area (Å²) in [6.07, 6.45) is -3.75. The van der Waals surface area contributed by atoms with Crippen molar-refractivity contribution < 1.29 is 26.4 Å². The van der Waals surface area contributed by atoms with Gasteiger partial charge in [0.2, 0.25) is 5.91 Å². The minimum atomic E-state index is -4.60. The molecule has 1 N–H and O–H groups in total. The van der Waals surface area contributed by atoms with E-state index in [1.807, 2.05) is 5.32 Å². The van der Waals surface area contributed by atoms with Crippen LogP contribution in [0.3, 0.4) is 0 Å². The molecule has 1 aromatic heterocycles. The Morgan fingerprint density at radius 2 is 2.00 bits per heavy atom. The lowest BCUT2D eigenvalue weighted by molar-refractivity contribution is -0.143. The van der Waals surface area contributed by atoms with E-state index in [2.05, 4.69) is 5.10 Å². The highest BCUT2D eigenvalue weighted by Gasteiger charge is 2.35. The van der Waals surface area contributed by atoms with Crippen molar-refractivity contribution in [2.45, 2.75) is 18.3 Å². The molecule has 0 aromatic carbocycles. The zero-order valence-corrected chi connectivity index (χ0v) is 11.1. The smallest absolute Gasteiger partial charge is 0.308 e. The zero-order valence-electron chi connectivity index (χ0n) is 10.3. The SMILES string of the molecule is CC(C(=O)Nc1cc(C(F)(F)F)n(C)n1)S(C)(=O)=O. The molecule has 1 atom stereocenters. The summed E-state index contributed by atoms with van der Waals surface area (Å²) in [5, 5.41) is 4.11. The molecule has 0 aliphatic carbocycles. The van der Waals surface area contributed by atoms with Crippen LogP contribution in [0.4, 0.5) is 19.0 Å². The van der Waals surface area contributed by atoms with E-state index < -0.39 is 32.9 Å². The molecule has 0 saturated carbocycles. The standard InChI is InChI=1S/C9H12F3N3O3S/c1-5(19(3,17)18)8(16)13-7-4-6(9(10,11)12)15(2)14-7/h4-5H,1-3H3,(H,13,14,16). The average Bonchev–Trinajstić information content (AvgIpc) is 2.56. The fraction of sp³-hybridized carbons (Fsp3) is 0.556. The van der Waals surface area contributed by atoms with Crippen molar-refractivity contribution in [1.29, 1.82) is 0 Å². The number of nitrogens with zero attached hydrogens (tertiary/aromatic N) is 2. The number of hydrogen-bond acceptors (Lipinski definition) is 4. The molecule has 19 heavy (non-hydrogen) atoms. The second-order valence-corrected chi connectivity index (χ2v) is 6.36. The molecule has 108 valence electrons. The van der Waals surface area contributed by atoms with Crippen molar-refractivity contribution in [2.24, 2.45) is 7.05 Å². The molecular formula is C9H12F3N3O3S. The van der Waals surface area contributed by atoms with Crippen LogP contribution in [0.5, 0.6) is 0 Å². The van der Waals surface area contributed by atoms with Crippen molar-refractivity contribution in [3.8, 4) is 0 Å². The van der Waals surface area contributed by atoms with Gasteiger partial charge in [-0.25, -0.2) is 8.42 Å². The Hall–Kier alpha value is -1.58. The summed E-state index contributed by atoms with van der Waals surface area (Å²) in [7, 11) is -2.55. The Balaban J connectivity index is 2.94. The molecule has 0 radical (unpaired) electrons. The number of hydrogen-bond donors (Lipinski definition) is 1. The van der Waals surface area contributed by atoms with E-state index in [9.17, 15) is 26.4 Å². The summed E-state index contributed by atoms with van der Waals surface area (Å²) in [6.45, 7) is 1.14. The van der Waals surface area contributed by atoms with Crippen molar-refractivity contribution in [3.63, 3.8) is 0 Å². The second kappa shape index (κ2) is 4.83. The Labute approximate surface area is 107 Å². The zero-order chi connectivity index (χ0) is 15.0. The van der Waals surface area contributed by atoms with Crippen LogP contribution in [-0.4, -0.2) is 35.6 Å². The number of sulfone groups is 1. The number of amides is 1. The molecule has 0 aliphatic rings. The molecule has 1 amide bonds. The number of anilines is 1. The number of aryl methyl sites for hydroxylation is 1. The topological polar surface area (TPSA) is 81.1 Å². The first-order valence-electron chi connectivity index (χ1n) is 5.04. The Morgan fingerprint density at radius 1 is 1.47 bits per heavy atom. The molecule has 0 saturated heterocycles. The number of halogens is 3. The second-order valence-electron chi connectivity index (χ2n) is 4.00. The van der Waals surface area contributed by atoms with Crippen molar-refractivity contribution in [1.82, 2.24) is 9.78 Å². The maximum Gasteiger partial charge on any atom is 0.433 e. The third-order valence-electron chi connectivity index (χ3n) is 2.43. The molecule has 1 aromatic rings. The fourth-order valence-corrected chi connectivity index (χ4v) is 1.66. The summed E-state index contributed by atoms with van der Waals surface area (Å²) in [5.41, 5.74) is -1.05. The van der Waals surface area contributed by atoms with Crippen LogP contribution in [0.25, 0.3) is 0 Å². The van der Waals surface area contributed by atoms with Gasteiger partial charge in [0.15, 0.2) is 15.7 Å². The largest absolute Gasteiger partial charge is 0.433 e. The molecule has 6 nitrogen and oxygen atoms in total. The molecule has 0 fully saturated rings. The molecule has 1 heterocycles. The summed E-state index contributed by atoms with van der Waals surface area (Å²) >= 11 is 0. The van der Waals surface area contributed by atoms with Crippen LogP contribution >= 0.6 is 0 Å². The van der Waals surface area contributed by atoms with E-state index in [0.29, 0.717) is 10.7 Å². The first kappa shape index (κ1) is 15.5. The van der Waals surface area contributed by atoms with Gasteiger partial charge in [-0.15, -0.1) is 0 Å². The van der Waals surface area contributed by atoms with Crippen molar-refractivity contribution in [3.05, 3.63) is 11.8 Å². The van der Waals surface area contributed by atoms with Crippen LogP contribution in [0.1, 0.15) is 12.6 Å². The van der Waals surface area contributed by atoms with E-state index in [0.717, 1.165) is 20.2 Å². The van der Waals surface area contributed by atoms with Crippen LogP contribution < -0.4 is 5.32 Å². The van der Waals surface area contributed by atoms with E-state index in [-0.39, 0.29) is 5.82 Å². The first-order valence-corrected chi connectivity index (χ1v) is 6.99. The van der Waals surface area contributed by atoms with Gasteiger partial charge in [0, 0.05) is 19.4 Å². The lowest BCUT2D eigenvalue weighted by Gasteiger charge is -2.07.